The first-order valence-electron chi connectivity index (χ1n) is 6.64. The first kappa shape index (κ1) is 15.0. The summed E-state index contributed by atoms with van der Waals surface area (Å²) in [6.45, 7) is 2.28. The molecule has 0 aromatic rings. The Balaban J connectivity index is 2.47. The lowest BCUT2D eigenvalue weighted by Gasteiger charge is -2.24. The maximum Gasteiger partial charge on any atom is 0.232 e. The first-order chi connectivity index (χ1) is 8.67. The number of likely N-dealkylation sites (tertiary alicyclic amines) is 1. The van der Waals surface area contributed by atoms with Crippen LogP contribution in [0.5, 0.6) is 0 Å². The fraction of sp³-hybridized carbons (Fsp3) is 0.846. The monoisotopic (exact) mass is 256 g/mol. The molecule has 1 unspecified atom stereocenters. The quantitative estimate of drug-likeness (QED) is 0.740. The van der Waals surface area contributed by atoms with Gasteiger partial charge in [-0.25, -0.2) is 0 Å². The number of amides is 2. The summed E-state index contributed by atoms with van der Waals surface area (Å²) in [6, 6.07) is 0. The van der Waals surface area contributed by atoms with Gasteiger partial charge >= 0.3 is 0 Å². The van der Waals surface area contributed by atoms with E-state index in [4.69, 9.17) is 4.74 Å². The maximum absolute atomic E-state index is 12.0. The number of rotatable bonds is 5. The summed E-state index contributed by atoms with van der Waals surface area (Å²) in [7, 11) is 3.25. The zero-order chi connectivity index (χ0) is 13.4. The molecule has 0 aromatic carbocycles. The van der Waals surface area contributed by atoms with Crippen molar-refractivity contribution >= 4 is 11.8 Å². The van der Waals surface area contributed by atoms with Gasteiger partial charge in [0.1, 0.15) is 6.42 Å². The van der Waals surface area contributed by atoms with Gasteiger partial charge in [0.25, 0.3) is 0 Å². The zero-order valence-corrected chi connectivity index (χ0v) is 11.4. The lowest BCUT2D eigenvalue weighted by Crippen LogP contribution is -2.37. The van der Waals surface area contributed by atoms with Crippen molar-refractivity contribution in [2.24, 2.45) is 5.92 Å². The average molecular weight is 256 g/mol. The summed E-state index contributed by atoms with van der Waals surface area (Å²) < 4.78 is 5.10. The first-order valence-corrected chi connectivity index (χ1v) is 6.64. The van der Waals surface area contributed by atoms with Crippen LogP contribution < -0.4 is 5.32 Å². The van der Waals surface area contributed by atoms with Crippen molar-refractivity contribution in [2.75, 3.05) is 33.9 Å². The van der Waals surface area contributed by atoms with Crippen molar-refractivity contribution in [3.05, 3.63) is 0 Å². The van der Waals surface area contributed by atoms with Crippen LogP contribution in [0.3, 0.4) is 0 Å². The molecular weight excluding hydrogens is 232 g/mol. The average Bonchev–Trinajstić information content (AvgIpc) is 2.61. The standard InChI is InChI=1S/C13H24N2O3/c1-14-12(16)9-13(17)15-7-4-3-5-11(10-15)6-8-18-2/h11H,3-10H2,1-2H3,(H,14,16). The number of nitrogens with zero attached hydrogens (tertiary/aromatic N) is 1. The smallest absolute Gasteiger partial charge is 0.232 e. The van der Waals surface area contributed by atoms with Crippen molar-refractivity contribution < 1.29 is 14.3 Å². The molecule has 1 heterocycles. The lowest BCUT2D eigenvalue weighted by molar-refractivity contribution is -0.136. The largest absolute Gasteiger partial charge is 0.385 e. The molecule has 5 nitrogen and oxygen atoms in total. The Labute approximate surface area is 109 Å². The second kappa shape index (κ2) is 8.08. The Morgan fingerprint density at radius 3 is 2.83 bits per heavy atom. The number of carbonyl (C=O) groups is 2. The zero-order valence-electron chi connectivity index (χ0n) is 11.4. The van der Waals surface area contributed by atoms with Gasteiger partial charge in [-0.05, 0) is 25.2 Å². The molecule has 18 heavy (non-hydrogen) atoms. The van der Waals surface area contributed by atoms with Gasteiger partial charge in [0.2, 0.25) is 11.8 Å². The molecule has 1 saturated heterocycles. The molecule has 5 heteroatoms. The van der Waals surface area contributed by atoms with Crippen LogP contribution >= 0.6 is 0 Å². The van der Waals surface area contributed by atoms with Gasteiger partial charge in [-0.3, -0.25) is 9.59 Å². The van der Waals surface area contributed by atoms with Gasteiger partial charge in [-0.1, -0.05) is 6.42 Å². The molecule has 1 aliphatic heterocycles. The summed E-state index contributed by atoms with van der Waals surface area (Å²) in [6.07, 6.45) is 4.28. The number of hydrogen-bond donors (Lipinski definition) is 1. The van der Waals surface area contributed by atoms with E-state index in [1.54, 1.807) is 14.2 Å². The normalized spacial score (nSPS) is 20.3. The van der Waals surface area contributed by atoms with Gasteiger partial charge in [-0.2, -0.15) is 0 Å². The maximum atomic E-state index is 12.0. The number of carbonyl (C=O) groups excluding carboxylic acids is 2. The van der Waals surface area contributed by atoms with E-state index in [2.05, 4.69) is 5.32 Å². The highest BCUT2D eigenvalue weighted by Gasteiger charge is 2.22. The molecule has 0 aliphatic carbocycles. The van der Waals surface area contributed by atoms with E-state index >= 15 is 0 Å². The molecule has 1 aliphatic rings. The molecule has 1 rings (SSSR count). The van der Waals surface area contributed by atoms with Crippen LogP contribution in [0, 0.1) is 5.92 Å². The van der Waals surface area contributed by atoms with E-state index in [0.717, 1.165) is 45.4 Å². The van der Waals surface area contributed by atoms with Crippen LogP contribution in [-0.2, 0) is 14.3 Å². The van der Waals surface area contributed by atoms with Crippen molar-refractivity contribution in [1.82, 2.24) is 10.2 Å². The summed E-state index contributed by atoms with van der Waals surface area (Å²) in [4.78, 5) is 25.0. The molecule has 0 bridgehead atoms. The SMILES string of the molecule is CNC(=O)CC(=O)N1CCCCC(CCOC)C1. The Morgan fingerprint density at radius 1 is 1.39 bits per heavy atom. The number of methoxy groups -OCH3 is 1. The molecule has 1 atom stereocenters. The summed E-state index contributed by atoms with van der Waals surface area (Å²) in [5, 5.41) is 2.49. The minimum Gasteiger partial charge on any atom is -0.385 e. The number of nitrogens with one attached hydrogen (secondary N) is 1. The summed E-state index contributed by atoms with van der Waals surface area (Å²) >= 11 is 0. The highest BCUT2D eigenvalue weighted by Crippen LogP contribution is 2.20. The Bertz CT molecular complexity index is 281. The Hall–Kier alpha value is -1.10. The fourth-order valence-corrected chi connectivity index (χ4v) is 2.31. The van der Waals surface area contributed by atoms with E-state index in [9.17, 15) is 9.59 Å². The Morgan fingerprint density at radius 2 is 2.17 bits per heavy atom. The molecule has 0 spiro atoms. The second-order valence-corrected chi connectivity index (χ2v) is 4.83. The molecule has 0 aromatic heterocycles. The van der Waals surface area contributed by atoms with E-state index in [-0.39, 0.29) is 18.2 Å². The van der Waals surface area contributed by atoms with Gasteiger partial charge in [0.05, 0.1) is 0 Å². The molecule has 1 fully saturated rings. The van der Waals surface area contributed by atoms with Crippen molar-refractivity contribution in [2.45, 2.75) is 32.1 Å². The predicted octanol–water partition coefficient (Wildman–Crippen LogP) is 0.788. The topological polar surface area (TPSA) is 58.6 Å². The molecular formula is C13H24N2O3. The highest BCUT2D eigenvalue weighted by atomic mass is 16.5. The van der Waals surface area contributed by atoms with Crippen molar-refractivity contribution in [3.8, 4) is 0 Å². The van der Waals surface area contributed by atoms with E-state index in [1.165, 1.54) is 0 Å². The van der Waals surface area contributed by atoms with Crippen LogP contribution in [0.2, 0.25) is 0 Å². The third-order valence-electron chi connectivity index (χ3n) is 3.44. The third kappa shape index (κ3) is 5.04. The van der Waals surface area contributed by atoms with Gasteiger partial charge in [0, 0.05) is 33.9 Å². The van der Waals surface area contributed by atoms with Crippen molar-refractivity contribution in [3.63, 3.8) is 0 Å². The molecule has 2 amide bonds. The van der Waals surface area contributed by atoms with Crippen LogP contribution in [0.4, 0.5) is 0 Å². The van der Waals surface area contributed by atoms with Crippen LogP contribution in [0.15, 0.2) is 0 Å². The van der Waals surface area contributed by atoms with Gasteiger partial charge in [0.15, 0.2) is 0 Å². The van der Waals surface area contributed by atoms with Gasteiger partial charge < -0.3 is 15.0 Å². The summed E-state index contributed by atoms with van der Waals surface area (Å²) in [5.41, 5.74) is 0. The minimum absolute atomic E-state index is 0.0342. The molecule has 0 saturated carbocycles. The van der Waals surface area contributed by atoms with E-state index in [0.29, 0.717) is 5.92 Å². The summed E-state index contributed by atoms with van der Waals surface area (Å²) in [5.74, 6) is 0.234. The predicted molar refractivity (Wildman–Crippen MR) is 69.1 cm³/mol. The van der Waals surface area contributed by atoms with Crippen LogP contribution in [0.25, 0.3) is 0 Å². The lowest BCUT2D eigenvalue weighted by atomic mass is 10.00. The number of ether oxygens (including phenoxy) is 1. The van der Waals surface area contributed by atoms with Crippen molar-refractivity contribution in [1.29, 1.82) is 0 Å². The van der Waals surface area contributed by atoms with E-state index < -0.39 is 0 Å². The number of hydrogen-bond acceptors (Lipinski definition) is 3. The second-order valence-electron chi connectivity index (χ2n) is 4.83. The van der Waals surface area contributed by atoms with Crippen LogP contribution in [-0.4, -0.2) is 50.6 Å². The van der Waals surface area contributed by atoms with Gasteiger partial charge in [-0.15, -0.1) is 0 Å². The molecule has 0 radical (unpaired) electrons. The van der Waals surface area contributed by atoms with Crippen LogP contribution in [0.1, 0.15) is 32.1 Å². The Kier molecular flexibility index (Phi) is 6.72. The third-order valence-corrected chi connectivity index (χ3v) is 3.44. The highest BCUT2D eigenvalue weighted by molar-refractivity contribution is 5.96. The fourth-order valence-electron chi connectivity index (χ4n) is 2.31. The minimum atomic E-state index is -0.210. The van der Waals surface area contributed by atoms with E-state index in [1.807, 2.05) is 4.90 Å². The molecule has 104 valence electrons. The molecule has 1 N–H and O–H groups in total.